The van der Waals surface area contributed by atoms with Crippen LogP contribution < -0.4 is 15.2 Å². The molecule has 4 N–H and O–H groups in total. The van der Waals surface area contributed by atoms with Crippen LogP contribution in [0.15, 0.2) is 23.1 Å². The molecule has 7 nitrogen and oxygen atoms in total. The van der Waals surface area contributed by atoms with Crippen LogP contribution in [0, 0.1) is 11.7 Å². The lowest BCUT2D eigenvalue weighted by Crippen LogP contribution is -2.41. The van der Waals surface area contributed by atoms with E-state index in [0.29, 0.717) is 6.42 Å². The number of anilines is 1. The van der Waals surface area contributed by atoms with Gasteiger partial charge in [0.1, 0.15) is 5.82 Å². The molecular weight excluding hydrogens is 381 g/mol. The van der Waals surface area contributed by atoms with Crippen LogP contribution in [0.5, 0.6) is 0 Å². The molecular formula is C13H23ClFN3O4S2. The predicted octanol–water partition coefficient (Wildman–Crippen LogP) is 1.27. The Morgan fingerprint density at radius 3 is 2.21 bits per heavy atom. The van der Waals surface area contributed by atoms with Gasteiger partial charge in [-0.25, -0.2) is 25.9 Å². The van der Waals surface area contributed by atoms with E-state index in [1.807, 2.05) is 18.6 Å². The summed E-state index contributed by atoms with van der Waals surface area (Å²) in [5.41, 5.74) is 5.24. The predicted molar refractivity (Wildman–Crippen MR) is 94.7 cm³/mol. The Morgan fingerprint density at radius 1 is 1.21 bits per heavy atom. The molecule has 0 radical (unpaired) electrons. The highest BCUT2D eigenvalue weighted by atomic mass is 35.5. The standard InChI is InChI=1S/C13H22FN3O4S2.ClH/c1-9(2)6-10(8-15)16-23(20,21)11-4-5-13(12(14)7-11)17-22(3,18)19;/h4-5,7,9-10,16-17H,6,8,15H2,1-3H3;1H. The third-order valence-electron chi connectivity index (χ3n) is 2.91. The van der Waals surface area contributed by atoms with Crippen molar-refractivity contribution in [2.24, 2.45) is 11.7 Å². The zero-order valence-electron chi connectivity index (χ0n) is 13.6. The molecule has 24 heavy (non-hydrogen) atoms. The molecule has 1 aromatic carbocycles. The van der Waals surface area contributed by atoms with Gasteiger partial charge in [0.25, 0.3) is 0 Å². The van der Waals surface area contributed by atoms with Crippen LogP contribution in [0.1, 0.15) is 20.3 Å². The van der Waals surface area contributed by atoms with E-state index in [0.717, 1.165) is 24.5 Å². The van der Waals surface area contributed by atoms with Gasteiger partial charge in [-0.15, -0.1) is 12.4 Å². The maximum absolute atomic E-state index is 13.9. The molecule has 0 aliphatic carbocycles. The lowest BCUT2D eigenvalue weighted by Gasteiger charge is -2.19. The summed E-state index contributed by atoms with van der Waals surface area (Å²) >= 11 is 0. The van der Waals surface area contributed by atoms with Crippen molar-refractivity contribution in [2.45, 2.75) is 31.2 Å². The minimum Gasteiger partial charge on any atom is -0.329 e. The summed E-state index contributed by atoms with van der Waals surface area (Å²) in [6.45, 7) is 3.98. The lowest BCUT2D eigenvalue weighted by atomic mass is 10.1. The number of rotatable bonds is 8. The molecule has 0 spiro atoms. The van der Waals surface area contributed by atoms with Gasteiger partial charge in [-0.3, -0.25) is 4.72 Å². The monoisotopic (exact) mass is 403 g/mol. The van der Waals surface area contributed by atoms with E-state index in [2.05, 4.69) is 4.72 Å². The van der Waals surface area contributed by atoms with Crippen molar-refractivity contribution in [2.75, 3.05) is 17.5 Å². The summed E-state index contributed by atoms with van der Waals surface area (Å²) in [6, 6.07) is 2.49. The first kappa shape index (κ1) is 23.1. The van der Waals surface area contributed by atoms with Crippen molar-refractivity contribution >= 4 is 38.1 Å². The van der Waals surface area contributed by atoms with Gasteiger partial charge in [0, 0.05) is 12.6 Å². The van der Waals surface area contributed by atoms with E-state index in [-0.39, 0.29) is 35.5 Å². The summed E-state index contributed by atoms with van der Waals surface area (Å²) in [5.74, 6) is -0.740. The highest BCUT2D eigenvalue weighted by Crippen LogP contribution is 2.20. The number of sulfonamides is 2. The van der Waals surface area contributed by atoms with Gasteiger partial charge in [0.05, 0.1) is 16.8 Å². The summed E-state index contributed by atoms with van der Waals surface area (Å²) in [4.78, 5) is -0.295. The van der Waals surface area contributed by atoms with Gasteiger partial charge < -0.3 is 5.73 Å². The second-order valence-electron chi connectivity index (χ2n) is 5.70. The molecule has 140 valence electrons. The van der Waals surface area contributed by atoms with Crippen LogP contribution >= 0.6 is 12.4 Å². The maximum atomic E-state index is 13.9. The summed E-state index contributed by atoms with van der Waals surface area (Å²) in [5, 5.41) is 0. The van der Waals surface area contributed by atoms with Gasteiger partial charge in [0.15, 0.2) is 0 Å². The zero-order valence-corrected chi connectivity index (χ0v) is 16.1. The number of hydrogen-bond acceptors (Lipinski definition) is 5. The van der Waals surface area contributed by atoms with Gasteiger partial charge in [-0.1, -0.05) is 13.8 Å². The van der Waals surface area contributed by atoms with E-state index >= 15 is 0 Å². The molecule has 0 saturated carbocycles. The normalized spacial score (nSPS) is 13.4. The molecule has 0 bridgehead atoms. The van der Waals surface area contributed by atoms with Crippen molar-refractivity contribution in [3.8, 4) is 0 Å². The van der Waals surface area contributed by atoms with Crippen molar-refractivity contribution in [3.63, 3.8) is 0 Å². The quantitative estimate of drug-likeness (QED) is 0.604. The van der Waals surface area contributed by atoms with E-state index in [4.69, 9.17) is 5.73 Å². The molecule has 0 amide bonds. The molecule has 1 aromatic rings. The van der Waals surface area contributed by atoms with Crippen LogP contribution in [-0.4, -0.2) is 35.7 Å². The molecule has 1 atom stereocenters. The lowest BCUT2D eigenvalue weighted by molar-refractivity contribution is 0.465. The molecule has 0 aliphatic heterocycles. The van der Waals surface area contributed by atoms with Crippen LogP contribution in [0.3, 0.4) is 0 Å². The van der Waals surface area contributed by atoms with E-state index < -0.39 is 31.9 Å². The number of benzene rings is 1. The van der Waals surface area contributed by atoms with Crippen LogP contribution in [0.25, 0.3) is 0 Å². The van der Waals surface area contributed by atoms with E-state index in [9.17, 15) is 21.2 Å². The Labute approximate surface area is 148 Å². The summed E-state index contributed by atoms with van der Waals surface area (Å²) < 4.78 is 65.0. The highest BCUT2D eigenvalue weighted by molar-refractivity contribution is 7.92. The van der Waals surface area contributed by atoms with Crippen LogP contribution in [0.2, 0.25) is 0 Å². The minimum absolute atomic E-state index is 0. The van der Waals surface area contributed by atoms with Gasteiger partial charge in [0.2, 0.25) is 20.0 Å². The van der Waals surface area contributed by atoms with Crippen LogP contribution in [0.4, 0.5) is 10.1 Å². The third-order valence-corrected chi connectivity index (χ3v) is 5.02. The Hall–Kier alpha value is -0.940. The van der Waals surface area contributed by atoms with Gasteiger partial charge in [-0.2, -0.15) is 0 Å². The minimum atomic E-state index is -3.95. The number of hydrogen-bond donors (Lipinski definition) is 3. The molecule has 1 rings (SSSR count). The summed E-state index contributed by atoms with van der Waals surface area (Å²) in [7, 11) is -7.60. The molecule has 0 saturated heterocycles. The van der Waals surface area contributed by atoms with E-state index in [1.54, 1.807) is 0 Å². The topological polar surface area (TPSA) is 118 Å². The Bertz CT molecular complexity index is 754. The number of nitrogens with one attached hydrogen (secondary N) is 2. The first-order valence-electron chi connectivity index (χ1n) is 6.94. The fourth-order valence-corrected chi connectivity index (χ4v) is 3.83. The molecule has 1 unspecified atom stereocenters. The second kappa shape index (κ2) is 8.95. The summed E-state index contributed by atoms with van der Waals surface area (Å²) in [6.07, 6.45) is 1.42. The van der Waals surface area contributed by atoms with Crippen molar-refractivity contribution in [1.29, 1.82) is 0 Å². The number of nitrogens with two attached hydrogens (primary N) is 1. The van der Waals surface area contributed by atoms with Gasteiger partial charge in [-0.05, 0) is 30.5 Å². The molecule has 11 heteroatoms. The third kappa shape index (κ3) is 7.31. The second-order valence-corrected chi connectivity index (χ2v) is 9.16. The Kier molecular flexibility index (Phi) is 8.60. The maximum Gasteiger partial charge on any atom is 0.240 e. The Morgan fingerprint density at radius 2 is 1.79 bits per heavy atom. The van der Waals surface area contributed by atoms with Crippen molar-refractivity contribution in [3.05, 3.63) is 24.0 Å². The molecule has 0 heterocycles. The highest BCUT2D eigenvalue weighted by Gasteiger charge is 2.21. The first-order chi connectivity index (χ1) is 10.4. The van der Waals surface area contributed by atoms with E-state index in [1.165, 1.54) is 0 Å². The molecule has 0 fully saturated rings. The fourth-order valence-electron chi connectivity index (χ4n) is 1.99. The van der Waals surface area contributed by atoms with Gasteiger partial charge >= 0.3 is 0 Å². The first-order valence-corrected chi connectivity index (χ1v) is 10.3. The smallest absolute Gasteiger partial charge is 0.240 e. The van der Waals surface area contributed by atoms with Crippen LogP contribution in [-0.2, 0) is 20.0 Å². The fraction of sp³-hybridized carbons (Fsp3) is 0.538. The Balaban J connectivity index is 0.00000529. The van der Waals surface area contributed by atoms with Crippen molar-refractivity contribution < 1.29 is 21.2 Å². The SMILES string of the molecule is CC(C)CC(CN)NS(=O)(=O)c1ccc(NS(C)(=O)=O)c(F)c1.Cl. The molecule has 0 aromatic heterocycles. The van der Waals surface area contributed by atoms with Crippen molar-refractivity contribution in [1.82, 2.24) is 4.72 Å². The largest absolute Gasteiger partial charge is 0.329 e. The number of halogens is 2. The average molecular weight is 404 g/mol. The average Bonchev–Trinajstić information content (AvgIpc) is 2.37. The zero-order chi connectivity index (χ0) is 17.8. The molecule has 0 aliphatic rings.